The molecule has 0 saturated carbocycles. The van der Waals surface area contributed by atoms with Crippen molar-refractivity contribution >= 4 is 22.8 Å². The van der Waals surface area contributed by atoms with E-state index >= 15 is 0 Å². The summed E-state index contributed by atoms with van der Waals surface area (Å²) in [4.78, 5) is 19.2. The Morgan fingerprint density at radius 2 is 1.90 bits per heavy atom. The van der Waals surface area contributed by atoms with E-state index in [1.807, 2.05) is 12.1 Å². The van der Waals surface area contributed by atoms with Crippen LogP contribution in [0.15, 0.2) is 60.9 Å². The zero-order valence-corrected chi connectivity index (χ0v) is 22.4. The van der Waals surface area contributed by atoms with Crippen molar-refractivity contribution in [2.24, 2.45) is 0 Å². The molecule has 4 aromatic rings. The fraction of sp³-hybridized carbons (Fsp3) is 0.310. The van der Waals surface area contributed by atoms with E-state index in [2.05, 4.69) is 26.8 Å². The van der Waals surface area contributed by atoms with Gasteiger partial charge in [-0.3, -0.25) is 14.7 Å². The fourth-order valence-corrected chi connectivity index (χ4v) is 4.49. The highest BCUT2D eigenvalue weighted by molar-refractivity contribution is 6.00. The van der Waals surface area contributed by atoms with Crippen LogP contribution in [0, 0.1) is 11.3 Å². The van der Waals surface area contributed by atoms with Gasteiger partial charge < -0.3 is 15.7 Å². The summed E-state index contributed by atoms with van der Waals surface area (Å²) in [7, 11) is 0. The Bertz CT molecular complexity index is 1620. The van der Waals surface area contributed by atoms with Gasteiger partial charge in [0.05, 0.1) is 65.2 Å². The third-order valence-electron chi connectivity index (χ3n) is 6.80. The van der Waals surface area contributed by atoms with Crippen LogP contribution < -0.4 is 10.6 Å². The number of nitrogens with zero attached hydrogens (tertiary/aromatic N) is 5. The number of anilines is 2. The van der Waals surface area contributed by atoms with Gasteiger partial charge in [-0.15, -0.1) is 0 Å². The lowest BCUT2D eigenvalue weighted by atomic mass is 10.0. The minimum absolute atomic E-state index is 0.143. The Kier molecular flexibility index (Phi) is 7.42. The molecule has 0 radical (unpaired) electrons. The van der Waals surface area contributed by atoms with Crippen LogP contribution in [-0.2, 0) is 6.54 Å². The molecule has 3 N–H and O–H groups in total. The van der Waals surface area contributed by atoms with Gasteiger partial charge in [0.15, 0.2) is 0 Å². The largest absolute Gasteiger partial charge is 0.387 e. The van der Waals surface area contributed by atoms with Crippen LogP contribution in [0.2, 0.25) is 0 Å². The summed E-state index contributed by atoms with van der Waals surface area (Å²) in [5.41, 5.74) is 2.59. The third-order valence-corrected chi connectivity index (χ3v) is 6.80. The molecule has 1 atom stereocenters. The number of carbonyl (C=O) groups excluding carboxylic acids is 1. The summed E-state index contributed by atoms with van der Waals surface area (Å²) in [6.07, 6.45) is 1.12. The molecule has 1 fully saturated rings. The topological polar surface area (TPSA) is 119 Å². The van der Waals surface area contributed by atoms with Gasteiger partial charge in [0.1, 0.15) is 12.2 Å². The predicted octanol–water partition coefficient (Wildman–Crippen LogP) is 4.30. The molecule has 9 nitrogen and oxygen atoms in total. The Labute approximate surface area is 234 Å². The first kappa shape index (κ1) is 28.1. The number of fused-ring (bicyclic) bond motifs is 1. The van der Waals surface area contributed by atoms with Crippen LogP contribution in [0.5, 0.6) is 0 Å². The van der Waals surface area contributed by atoms with E-state index in [9.17, 15) is 28.3 Å². The number of amides is 1. The van der Waals surface area contributed by atoms with E-state index in [1.165, 1.54) is 26.2 Å². The monoisotopic (exact) mass is 563 g/mol. The molecule has 3 aromatic heterocycles. The van der Waals surface area contributed by atoms with Crippen LogP contribution in [0.4, 0.5) is 24.5 Å². The highest BCUT2D eigenvalue weighted by Gasteiger charge is 2.43. The number of alkyl halides is 3. The van der Waals surface area contributed by atoms with Gasteiger partial charge >= 0.3 is 0 Å². The number of likely N-dealkylation sites (tertiary alicyclic amines) is 1. The number of pyridine rings is 1. The first-order valence-corrected chi connectivity index (χ1v) is 12.9. The number of hydrogen-bond donors (Lipinski definition) is 3. The SMILES string of the molecule is CC(C)(O)C(F)CNC(=O)c1cnc(-c2ccc3cc(C#N)cnn23)cc1Nc1ccc(CN2CC(F)(F)C2)cc1. The maximum Gasteiger partial charge on any atom is 0.272 e. The summed E-state index contributed by atoms with van der Waals surface area (Å²) in [6, 6.07) is 16.2. The van der Waals surface area contributed by atoms with Crippen LogP contribution >= 0.6 is 0 Å². The summed E-state index contributed by atoms with van der Waals surface area (Å²) in [5, 5.41) is 29.1. The minimum atomic E-state index is -2.63. The van der Waals surface area contributed by atoms with Crippen molar-refractivity contribution in [3.05, 3.63) is 77.6 Å². The van der Waals surface area contributed by atoms with Crippen LogP contribution in [-0.4, -0.2) is 67.8 Å². The van der Waals surface area contributed by atoms with Crippen molar-refractivity contribution in [1.82, 2.24) is 24.8 Å². The predicted molar refractivity (Wildman–Crippen MR) is 147 cm³/mol. The summed E-state index contributed by atoms with van der Waals surface area (Å²) >= 11 is 0. The number of benzene rings is 1. The second-order valence-electron chi connectivity index (χ2n) is 10.7. The second kappa shape index (κ2) is 10.8. The lowest BCUT2D eigenvalue weighted by molar-refractivity contribution is -0.133. The van der Waals surface area contributed by atoms with Crippen LogP contribution in [0.3, 0.4) is 0 Å². The maximum atomic E-state index is 14.3. The number of nitriles is 1. The van der Waals surface area contributed by atoms with Crippen molar-refractivity contribution in [3.8, 4) is 17.5 Å². The van der Waals surface area contributed by atoms with E-state index in [-0.39, 0.29) is 18.7 Å². The minimum Gasteiger partial charge on any atom is -0.387 e. The van der Waals surface area contributed by atoms with E-state index in [1.54, 1.807) is 45.8 Å². The average Bonchev–Trinajstić information content (AvgIpc) is 3.34. The summed E-state index contributed by atoms with van der Waals surface area (Å²) in [5.74, 6) is -3.23. The molecule has 12 heteroatoms. The quantitative estimate of drug-likeness (QED) is 0.278. The molecule has 0 bridgehead atoms. The molecular weight excluding hydrogens is 535 g/mol. The fourth-order valence-electron chi connectivity index (χ4n) is 4.49. The molecule has 1 aliphatic rings. The number of aliphatic hydroxyl groups is 1. The van der Waals surface area contributed by atoms with Crippen LogP contribution in [0.25, 0.3) is 16.9 Å². The van der Waals surface area contributed by atoms with E-state index in [4.69, 9.17) is 0 Å². The number of nitrogens with one attached hydrogen (secondary N) is 2. The Hall–Kier alpha value is -4.47. The maximum absolute atomic E-state index is 14.3. The molecule has 0 aliphatic carbocycles. The van der Waals surface area contributed by atoms with E-state index in [0.29, 0.717) is 40.4 Å². The highest BCUT2D eigenvalue weighted by Crippen LogP contribution is 2.30. The van der Waals surface area contributed by atoms with Crippen molar-refractivity contribution in [2.75, 3.05) is 25.0 Å². The van der Waals surface area contributed by atoms with Crippen LogP contribution in [0.1, 0.15) is 35.3 Å². The summed E-state index contributed by atoms with van der Waals surface area (Å²) in [6.45, 7) is 2.11. The molecule has 212 valence electrons. The highest BCUT2D eigenvalue weighted by atomic mass is 19.3. The van der Waals surface area contributed by atoms with E-state index < -0.39 is 30.1 Å². The van der Waals surface area contributed by atoms with Crippen molar-refractivity contribution in [3.63, 3.8) is 0 Å². The molecule has 1 aromatic carbocycles. The van der Waals surface area contributed by atoms with Gasteiger partial charge in [-0.25, -0.2) is 17.7 Å². The van der Waals surface area contributed by atoms with Gasteiger partial charge in [0.2, 0.25) is 0 Å². The number of halogens is 3. The Balaban J connectivity index is 1.42. The molecule has 1 unspecified atom stereocenters. The molecule has 1 amide bonds. The summed E-state index contributed by atoms with van der Waals surface area (Å²) < 4.78 is 42.3. The zero-order valence-electron chi connectivity index (χ0n) is 22.4. The van der Waals surface area contributed by atoms with Gasteiger partial charge in [-0.1, -0.05) is 12.1 Å². The van der Waals surface area contributed by atoms with Crippen molar-refractivity contribution < 1.29 is 23.1 Å². The normalized spacial score (nSPS) is 15.6. The average molecular weight is 564 g/mol. The molecule has 1 aliphatic heterocycles. The Morgan fingerprint density at radius 3 is 2.56 bits per heavy atom. The molecule has 5 rings (SSSR count). The van der Waals surface area contributed by atoms with Gasteiger partial charge in [-0.05, 0) is 55.8 Å². The van der Waals surface area contributed by atoms with Crippen molar-refractivity contribution in [1.29, 1.82) is 5.26 Å². The number of carbonyl (C=O) groups is 1. The third kappa shape index (κ3) is 6.32. The number of hydrogen-bond acceptors (Lipinski definition) is 7. The van der Waals surface area contributed by atoms with Gasteiger partial charge in [0, 0.05) is 18.4 Å². The molecule has 4 heterocycles. The van der Waals surface area contributed by atoms with E-state index in [0.717, 1.165) is 5.56 Å². The lowest BCUT2D eigenvalue weighted by Crippen LogP contribution is -2.55. The smallest absolute Gasteiger partial charge is 0.272 e. The first-order valence-electron chi connectivity index (χ1n) is 12.9. The molecule has 0 spiro atoms. The standard InChI is InChI=1S/C29H28F3N7O2/c1-28(2,41)26(30)14-35-27(40)22-13-34-24(25-8-7-21-9-19(11-33)12-36-39(21)25)10-23(22)37-20-5-3-18(4-6-20)15-38-16-29(31,32)17-38/h3-10,12-13,26,41H,14-17H2,1-2H3,(H,34,37)(H,35,40). The lowest BCUT2D eigenvalue weighted by Gasteiger charge is -2.38. The molecular formula is C29H28F3N7O2. The Morgan fingerprint density at radius 1 is 1.17 bits per heavy atom. The second-order valence-corrected chi connectivity index (χ2v) is 10.7. The van der Waals surface area contributed by atoms with Crippen molar-refractivity contribution in [2.45, 2.75) is 38.1 Å². The number of rotatable bonds is 9. The molecule has 1 saturated heterocycles. The number of aromatic nitrogens is 3. The van der Waals surface area contributed by atoms with Gasteiger partial charge in [-0.2, -0.15) is 10.4 Å². The zero-order chi connectivity index (χ0) is 29.4. The molecule has 41 heavy (non-hydrogen) atoms. The van der Waals surface area contributed by atoms with Gasteiger partial charge in [0.25, 0.3) is 11.8 Å². The first-order chi connectivity index (χ1) is 19.4.